The van der Waals surface area contributed by atoms with Gasteiger partial charge in [0.05, 0.1) is 5.56 Å². The molecular weight excluding hydrogens is 759 g/mol. The molecule has 3 heterocycles. The van der Waals surface area contributed by atoms with Crippen LogP contribution in [0.5, 0.6) is 5.75 Å². The predicted octanol–water partition coefficient (Wildman–Crippen LogP) is 14.3. The number of nitrogens with zero attached hydrogens (tertiary/aromatic N) is 3. The zero-order chi connectivity index (χ0) is 41.0. The van der Waals surface area contributed by atoms with Crippen molar-refractivity contribution in [3.05, 3.63) is 224 Å². The molecule has 10 aromatic rings. The van der Waals surface area contributed by atoms with Gasteiger partial charge in [0.15, 0.2) is 17.5 Å². The van der Waals surface area contributed by atoms with Crippen molar-refractivity contribution in [1.29, 1.82) is 0 Å². The Morgan fingerprint density at radius 1 is 0.387 bits per heavy atom. The lowest BCUT2D eigenvalue weighted by atomic mass is 9.85. The number of aromatic nitrogens is 3. The van der Waals surface area contributed by atoms with Crippen molar-refractivity contribution in [3.63, 3.8) is 0 Å². The summed E-state index contributed by atoms with van der Waals surface area (Å²) in [6, 6.07) is 67.4. The summed E-state index contributed by atoms with van der Waals surface area (Å²) in [6.45, 7) is 0. The van der Waals surface area contributed by atoms with Crippen molar-refractivity contribution in [2.75, 3.05) is 0 Å². The summed E-state index contributed by atoms with van der Waals surface area (Å²) in [5.41, 5.74) is 14.2. The lowest BCUT2D eigenvalue weighted by Crippen LogP contribution is -2.17. The standard InChI is InChI=1S/C57H37N3O2/c1-6-17-36(18-7-1)42-33-47(39-23-12-4-13-24-39)54-49(34-42)44-27-16-28-45(52(44)62-54)57-59-55(40-25-14-5-15-26-40)58-56(60-57)41-29-30-51-48(31-41)50-35-43(37-19-8-2-9-20-37)32-46(53(50)61-51)38-21-10-3-11-22-38/h1-35,48,51H. The summed E-state index contributed by atoms with van der Waals surface area (Å²) >= 11 is 0. The van der Waals surface area contributed by atoms with E-state index in [4.69, 9.17) is 24.1 Å². The smallest absolute Gasteiger partial charge is 0.167 e. The molecule has 0 saturated heterocycles. The van der Waals surface area contributed by atoms with Crippen LogP contribution in [-0.2, 0) is 0 Å². The minimum atomic E-state index is -0.166. The topological polar surface area (TPSA) is 61.0 Å². The minimum Gasteiger partial charge on any atom is -0.484 e. The first-order valence-electron chi connectivity index (χ1n) is 21.0. The van der Waals surface area contributed by atoms with Crippen molar-refractivity contribution >= 4 is 27.5 Å². The molecule has 1 aliphatic carbocycles. The molecule has 2 aliphatic rings. The quantitative estimate of drug-likeness (QED) is 0.161. The van der Waals surface area contributed by atoms with Crippen LogP contribution in [0.4, 0.5) is 0 Å². The molecule has 2 atom stereocenters. The van der Waals surface area contributed by atoms with Crippen LogP contribution in [0.25, 0.3) is 94.8 Å². The Bertz CT molecular complexity index is 3360. The molecule has 292 valence electrons. The molecule has 0 radical (unpaired) electrons. The van der Waals surface area contributed by atoms with E-state index in [0.29, 0.717) is 17.5 Å². The molecule has 0 spiro atoms. The number of benzene rings is 8. The van der Waals surface area contributed by atoms with E-state index in [0.717, 1.165) is 94.5 Å². The first kappa shape index (κ1) is 35.8. The van der Waals surface area contributed by atoms with Gasteiger partial charge in [0, 0.05) is 44.5 Å². The van der Waals surface area contributed by atoms with Gasteiger partial charge >= 0.3 is 0 Å². The first-order valence-corrected chi connectivity index (χ1v) is 21.0. The maximum atomic E-state index is 6.99. The van der Waals surface area contributed by atoms with Crippen molar-refractivity contribution < 1.29 is 9.15 Å². The highest BCUT2D eigenvalue weighted by atomic mass is 16.5. The zero-order valence-corrected chi connectivity index (χ0v) is 33.5. The third kappa shape index (κ3) is 6.22. The maximum Gasteiger partial charge on any atom is 0.167 e. The van der Waals surface area contributed by atoms with Gasteiger partial charge in [-0.15, -0.1) is 0 Å². The summed E-state index contributed by atoms with van der Waals surface area (Å²) in [5.74, 6) is 2.58. The molecule has 62 heavy (non-hydrogen) atoms. The van der Waals surface area contributed by atoms with Crippen molar-refractivity contribution in [2.45, 2.75) is 12.0 Å². The Labute approximate surface area is 359 Å². The van der Waals surface area contributed by atoms with Gasteiger partial charge < -0.3 is 9.15 Å². The zero-order valence-electron chi connectivity index (χ0n) is 33.5. The highest BCUT2D eigenvalue weighted by molar-refractivity contribution is 6.14. The molecule has 0 fully saturated rings. The summed E-state index contributed by atoms with van der Waals surface area (Å²) in [7, 11) is 0. The molecule has 0 N–H and O–H groups in total. The molecule has 0 saturated carbocycles. The monoisotopic (exact) mass is 795 g/mol. The average Bonchev–Trinajstić information content (AvgIpc) is 3.93. The molecule has 5 heteroatoms. The number of allylic oxidation sites excluding steroid dienone is 2. The number of rotatable bonds is 7. The second-order valence-corrected chi connectivity index (χ2v) is 15.9. The summed E-state index contributed by atoms with van der Waals surface area (Å²) in [6.07, 6.45) is 6.35. The van der Waals surface area contributed by atoms with Gasteiger partial charge in [-0.3, -0.25) is 0 Å². The highest BCUT2D eigenvalue weighted by Gasteiger charge is 2.36. The molecule has 2 aromatic heterocycles. The molecule has 8 aromatic carbocycles. The van der Waals surface area contributed by atoms with E-state index in [9.17, 15) is 0 Å². The lowest BCUT2D eigenvalue weighted by Gasteiger charge is -2.18. The average molecular weight is 796 g/mol. The Morgan fingerprint density at radius 3 is 1.58 bits per heavy atom. The fourth-order valence-electron chi connectivity index (χ4n) is 9.03. The second kappa shape index (κ2) is 14.8. The third-order valence-electron chi connectivity index (χ3n) is 12.1. The van der Waals surface area contributed by atoms with E-state index < -0.39 is 0 Å². The summed E-state index contributed by atoms with van der Waals surface area (Å²) < 4.78 is 13.8. The number of hydrogen-bond acceptors (Lipinski definition) is 5. The van der Waals surface area contributed by atoms with Gasteiger partial charge in [0.25, 0.3) is 0 Å². The Balaban J connectivity index is 1.03. The lowest BCUT2D eigenvalue weighted by molar-refractivity contribution is 0.270. The highest BCUT2D eigenvalue weighted by Crippen LogP contribution is 2.50. The Kier molecular flexibility index (Phi) is 8.56. The van der Waals surface area contributed by atoms with E-state index in [1.807, 2.05) is 48.5 Å². The van der Waals surface area contributed by atoms with Gasteiger partial charge in [-0.1, -0.05) is 176 Å². The molecular formula is C57H37N3O2. The van der Waals surface area contributed by atoms with E-state index in [1.54, 1.807) is 0 Å². The summed E-state index contributed by atoms with van der Waals surface area (Å²) in [4.78, 5) is 15.6. The van der Waals surface area contributed by atoms with Crippen LogP contribution >= 0.6 is 0 Å². The molecule has 12 rings (SSSR count). The van der Waals surface area contributed by atoms with Crippen molar-refractivity contribution in [1.82, 2.24) is 15.0 Å². The predicted molar refractivity (Wildman–Crippen MR) is 250 cm³/mol. The Hall–Kier alpha value is -8.15. The van der Waals surface area contributed by atoms with Crippen molar-refractivity contribution in [2.24, 2.45) is 0 Å². The number of ether oxygens (including phenoxy) is 1. The van der Waals surface area contributed by atoms with Crippen LogP contribution in [0, 0.1) is 0 Å². The largest absolute Gasteiger partial charge is 0.484 e. The molecule has 0 amide bonds. The van der Waals surface area contributed by atoms with Crippen LogP contribution in [0.1, 0.15) is 17.3 Å². The first-order chi connectivity index (χ1) is 30.7. The fraction of sp³-hybridized carbons (Fsp3) is 0.0351. The number of para-hydroxylation sites is 1. The van der Waals surface area contributed by atoms with Crippen LogP contribution in [0.15, 0.2) is 217 Å². The van der Waals surface area contributed by atoms with Gasteiger partial charge in [-0.05, 0) is 69.8 Å². The Morgan fingerprint density at radius 2 is 0.919 bits per heavy atom. The third-order valence-corrected chi connectivity index (χ3v) is 12.1. The van der Waals surface area contributed by atoms with Crippen LogP contribution in [0.2, 0.25) is 0 Å². The number of hydrogen-bond donors (Lipinski definition) is 0. The minimum absolute atomic E-state index is 0.0504. The van der Waals surface area contributed by atoms with E-state index in [2.05, 4.69) is 164 Å². The van der Waals surface area contributed by atoms with Crippen LogP contribution < -0.4 is 4.74 Å². The fourth-order valence-corrected chi connectivity index (χ4v) is 9.03. The van der Waals surface area contributed by atoms with Gasteiger partial charge in [-0.25, -0.2) is 15.0 Å². The van der Waals surface area contributed by atoms with E-state index in [-0.39, 0.29) is 12.0 Å². The van der Waals surface area contributed by atoms with E-state index in [1.165, 1.54) is 0 Å². The summed E-state index contributed by atoms with van der Waals surface area (Å²) in [5, 5.41) is 2.03. The number of furan rings is 1. The molecule has 5 nitrogen and oxygen atoms in total. The number of fused-ring (bicyclic) bond motifs is 6. The van der Waals surface area contributed by atoms with Crippen molar-refractivity contribution in [3.8, 4) is 73.0 Å². The molecule has 1 aliphatic heterocycles. The van der Waals surface area contributed by atoms with Gasteiger partial charge in [-0.2, -0.15) is 0 Å². The van der Waals surface area contributed by atoms with Crippen LogP contribution in [-0.4, -0.2) is 21.1 Å². The van der Waals surface area contributed by atoms with Gasteiger partial charge in [0.1, 0.15) is 23.0 Å². The normalized spacial score (nSPS) is 15.3. The van der Waals surface area contributed by atoms with Crippen LogP contribution in [0.3, 0.4) is 0 Å². The maximum absolute atomic E-state index is 6.99. The SMILES string of the molecule is C1=CC2Oc3c(-c4ccccc4)cc(-c4ccccc4)cc3C2C=C1c1nc(-c2ccccc2)nc(-c2cccc3c2oc2c(-c4ccccc4)cc(-c4ccccc4)cc23)n1. The van der Waals surface area contributed by atoms with E-state index >= 15 is 0 Å². The second-order valence-electron chi connectivity index (χ2n) is 15.9. The van der Waals surface area contributed by atoms with Gasteiger partial charge in [0.2, 0.25) is 0 Å². The molecule has 2 unspecified atom stereocenters. The molecule has 0 bridgehead atoms.